The molecule has 0 unspecified atom stereocenters. The van der Waals surface area contributed by atoms with Gasteiger partial charge < -0.3 is 4.42 Å². The van der Waals surface area contributed by atoms with E-state index in [1.54, 1.807) is 12.1 Å². The summed E-state index contributed by atoms with van der Waals surface area (Å²) in [5.41, 5.74) is 0. The summed E-state index contributed by atoms with van der Waals surface area (Å²) >= 11 is 1.13. The molecule has 0 aliphatic rings. The lowest BCUT2D eigenvalue weighted by atomic mass is 10.5. The van der Waals surface area contributed by atoms with Gasteiger partial charge in [0.15, 0.2) is 10.8 Å². The van der Waals surface area contributed by atoms with Crippen molar-refractivity contribution in [1.82, 2.24) is 20.2 Å². The van der Waals surface area contributed by atoms with Crippen molar-refractivity contribution in [1.29, 1.82) is 0 Å². The number of rotatable bonds is 4. The Morgan fingerprint density at radius 3 is 2.91 bits per heavy atom. The molecule has 9 nitrogen and oxygen atoms in total. The van der Waals surface area contributed by atoms with Gasteiger partial charge in [-0.1, -0.05) is 0 Å². The number of aromatic nitrogens is 4. The molecule has 11 heteroatoms. The number of hydrogen-bond donors (Lipinski definition) is 2. The van der Waals surface area contributed by atoms with Crippen molar-refractivity contribution >= 4 is 33.0 Å². The smallest absolute Gasteiger partial charge is 0.269 e. The highest BCUT2D eigenvalue weighted by molar-refractivity contribution is 7.90. The third kappa shape index (κ3) is 2.89. The number of furan rings is 1. The molecule has 0 spiro atoms. The number of aromatic amines is 1. The van der Waals surface area contributed by atoms with Gasteiger partial charge in [-0.25, -0.2) is 18.5 Å². The van der Waals surface area contributed by atoms with Crippen molar-refractivity contribution in [2.45, 2.75) is 5.16 Å². The van der Waals surface area contributed by atoms with E-state index in [4.69, 9.17) is 4.42 Å². The highest BCUT2D eigenvalue weighted by Gasteiger charge is 2.17. The molecule has 0 radical (unpaired) electrons. The number of H-pyrrole nitrogens is 1. The lowest BCUT2D eigenvalue weighted by Crippen LogP contribution is -2.11. The average Bonchev–Trinajstić information content (AvgIpc) is 3.18. The molecule has 3 aromatic rings. The molecular weight excluding hydrogens is 330 g/mol. The number of thiazole rings is 1. The van der Waals surface area contributed by atoms with Crippen LogP contribution in [0.25, 0.3) is 10.8 Å². The SMILES string of the molecule is CS(=O)(=O)c1nc(NC(=O)c2cnc(-c3ccco3)s2)n[nH]1. The lowest BCUT2D eigenvalue weighted by molar-refractivity contribution is 0.102. The zero-order chi connectivity index (χ0) is 15.7. The summed E-state index contributed by atoms with van der Waals surface area (Å²) in [7, 11) is -3.51. The number of nitrogens with zero attached hydrogens (tertiary/aromatic N) is 3. The van der Waals surface area contributed by atoms with Crippen molar-refractivity contribution in [2.24, 2.45) is 0 Å². The van der Waals surface area contributed by atoms with E-state index < -0.39 is 15.7 Å². The quantitative estimate of drug-likeness (QED) is 0.729. The monoisotopic (exact) mass is 339 g/mol. The zero-order valence-corrected chi connectivity index (χ0v) is 12.7. The normalized spacial score (nSPS) is 11.5. The second-order valence-electron chi connectivity index (χ2n) is 4.20. The second kappa shape index (κ2) is 5.35. The van der Waals surface area contributed by atoms with Crippen LogP contribution < -0.4 is 5.32 Å². The van der Waals surface area contributed by atoms with E-state index >= 15 is 0 Å². The van der Waals surface area contributed by atoms with Gasteiger partial charge in [0.05, 0.1) is 12.5 Å². The summed E-state index contributed by atoms with van der Waals surface area (Å²) in [4.78, 5) is 20.1. The summed E-state index contributed by atoms with van der Waals surface area (Å²) in [6.07, 6.45) is 3.89. The average molecular weight is 339 g/mol. The predicted octanol–water partition coefficient (Wildman–Crippen LogP) is 1.18. The van der Waals surface area contributed by atoms with Crippen molar-refractivity contribution in [3.05, 3.63) is 29.5 Å². The van der Waals surface area contributed by atoms with Crippen LogP contribution in [0.5, 0.6) is 0 Å². The third-order valence-electron chi connectivity index (χ3n) is 2.50. The molecular formula is C11H9N5O4S2. The molecule has 1 amide bonds. The van der Waals surface area contributed by atoms with E-state index in [1.165, 1.54) is 12.5 Å². The Bertz CT molecular complexity index is 910. The third-order valence-corrected chi connectivity index (χ3v) is 4.40. The zero-order valence-electron chi connectivity index (χ0n) is 11.1. The molecule has 0 saturated carbocycles. The molecule has 3 rings (SSSR count). The Morgan fingerprint density at radius 2 is 2.27 bits per heavy atom. The first-order chi connectivity index (χ1) is 10.4. The van der Waals surface area contributed by atoms with Crippen LogP contribution in [0.15, 0.2) is 34.2 Å². The maximum absolute atomic E-state index is 12.0. The minimum atomic E-state index is -3.51. The Hall–Kier alpha value is -2.53. The van der Waals surface area contributed by atoms with Crippen LogP contribution in [0, 0.1) is 0 Å². The van der Waals surface area contributed by atoms with Gasteiger partial charge in [-0.15, -0.1) is 16.4 Å². The Kier molecular flexibility index (Phi) is 3.50. The number of carbonyl (C=O) groups excluding carboxylic acids is 1. The summed E-state index contributed by atoms with van der Waals surface area (Å²) in [6, 6.07) is 3.45. The molecule has 0 fully saturated rings. The van der Waals surface area contributed by atoms with Crippen LogP contribution in [0.4, 0.5) is 5.95 Å². The van der Waals surface area contributed by atoms with Gasteiger partial charge in [0.25, 0.3) is 5.91 Å². The second-order valence-corrected chi connectivity index (χ2v) is 7.16. The number of amides is 1. The molecule has 22 heavy (non-hydrogen) atoms. The first-order valence-electron chi connectivity index (χ1n) is 5.87. The van der Waals surface area contributed by atoms with Gasteiger partial charge in [-0.3, -0.25) is 10.1 Å². The Morgan fingerprint density at radius 1 is 1.45 bits per heavy atom. The van der Waals surface area contributed by atoms with E-state index in [2.05, 4.69) is 25.5 Å². The van der Waals surface area contributed by atoms with Crippen molar-refractivity contribution in [3.63, 3.8) is 0 Å². The van der Waals surface area contributed by atoms with Crippen molar-refractivity contribution in [3.8, 4) is 10.8 Å². The Balaban J connectivity index is 1.76. The standard InChI is InChI=1S/C11H9N5O4S2/c1-22(18,19)11-14-10(15-16-11)13-8(17)7-5-12-9(21-7)6-3-2-4-20-6/h2-5H,1H3,(H2,13,14,15,16,17). The Labute approximate surface area is 128 Å². The van der Waals surface area contributed by atoms with Gasteiger partial charge in [-0.05, 0) is 12.1 Å². The largest absolute Gasteiger partial charge is 0.462 e. The fraction of sp³-hybridized carbons (Fsp3) is 0.0909. The van der Waals surface area contributed by atoms with E-state index in [0.717, 1.165) is 17.6 Å². The van der Waals surface area contributed by atoms with Gasteiger partial charge >= 0.3 is 0 Å². The molecule has 0 saturated heterocycles. The summed E-state index contributed by atoms with van der Waals surface area (Å²) < 4.78 is 27.7. The summed E-state index contributed by atoms with van der Waals surface area (Å²) in [5.74, 6) is -0.0611. The molecule has 0 aliphatic heterocycles. The highest BCUT2D eigenvalue weighted by Crippen LogP contribution is 2.25. The number of nitrogens with one attached hydrogen (secondary N) is 2. The summed E-state index contributed by atoms with van der Waals surface area (Å²) in [6.45, 7) is 0. The van der Waals surface area contributed by atoms with Crippen molar-refractivity contribution in [2.75, 3.05) is 11.6 Å². The first-order valence-corrected chi connectivity index (χ1v) is 8.58. The van der Waals surface area contributed by atoms with Crippen LogP contribution in [-0.2, 0) is 9.84 Å². The minimum absolute atomic E-state index is 0.127. The van der Waals surface area contributed by atoms with Gasteiger partial charge in [0.2, 0.25) is 20.9 Å². The van der Waals surface area contributed by atoms with Crippen LogP contribution in [0.2, 0.25) is 0 Å². The molecule has 0 bridgehead atoms. The molecule has 114 valence electrons. The first kappa shape index (κ1) is 14.4. The molecule has 3 heterocycles. The number of anilines is 1. The fourth-order valence-corrected chi connectivity index (χ4v) is 2.77. The maximum Gasteiger partial charge on any atom is 0.269 e. The van der Waals surface area contributed by atoms with E-state index in [1.807, 2.05) is 0 Å². The molecule has 0 aliphatic carbocycles. The summed E-state index contributed by atoms with van der Waals surface area (Å²) in [5, 5.41) is 8.50. The predicted molar refractivity (Wildman–Crippen MR) is 77.3 cm³/mol. The van der Waals surface area contributed by atoms with Gasteiger partial charge in [0, 0.05) is 6.26 Å². The number of hydrogen-bond acceptors (Lipinski definition) is 8. The van der Waals surface area contributed by atoms with Crippen molar-refractivity contribution < 1.29 is 17.6 Å². The van der Waals surface area contributed by atoms with Crippen LogP contribution in [0.1, 0.15) is 9.67 Å². The maximum atomic E-state index is 12.0. The number of sulfone groups is 1. The lowest BCUT2D eigenvalue weighted by Gasteiger charge is -1.95. The minimum Gasteiger partial charge on any atom is -0.462 e. The van der Waals surface area contributed by atoms with Gasteiger partial charge in [-0.2, -0.15) is 4.98 Å². The highest BCUT2D eigenvalue weighted by atomic mass is 32.2. The molecule has 0 atom stereocenters. The van der Waals surface area contributed by atoms with Crippen LogP contribution in [-0.4, -0.2) is 40.7 Å². The fourth-order valence-electron chi connectivity index (χ4n) is 1.53. The number of carbonyl (C=O) groups is 1. The molecule has 2 N–H and O–H groups in total. The topological polar surface area (TPSA) is 131 Å². The van der Waals surface area contributed by atoms with E-state index in [9.17, 15) is 13.2 Å². The van der Waals surface area contributed by atoms with E-state index in [-0.39, 0.29) is 11.1 Å². The van der Waals surface area contributed by atoms with Crippen LogP contribution in [0.3, 0.4) is 0 Å². The molecule has 0 aromatic carbocycles. The van der Waals surface area contributed by atoms with Gasteiger partial charge in [0.1, 0.15) is 4.88 Å². The molecule has 3 aromatic heterocycles. The van der Waals surface area contributed by atoms with Crippen LogP contribution >= 0.6 is 11.3 Å². The van der Waals surface area contributed by atoms with E-state index in [0.29, 0.717) is 15.6 Å².